The molecule has 6 nitrogen and oxygen atoms in total. The van der Waals surface area contributed by atoms with E-state index in [1.807, 2.05) is 0 Å². The molecule has 1 aromatic rings. The van der Waals surface area contributed by atoms with Crippen molar-refractivity contribution in [3.8, 4) is 11.5 Å². The molecule has 0 aliphatic heterocycles. The molecule has 6 heteroatoms. The quantitative estimate of drug-likeness (QED) is 0.770. The van der Waals surface area contributed by atoms with Crippen LogP contribution in [0.4, 0.5) is 0 Å². The lowest BCUT2D eigenvalue weighted by Gasteiger charge is -2.13. The Morgan fingerprint density at radius 2 is 1.88 bits per heavy atom. The van der Waals surface area contributed by atoms with Gasteiger partial charge in [0.25, 0.3) is 0 Å². The van der Waals surface area contributed by atoms with Gasteiger partial charge in [0.1, 0.15) is 5.56 Å². The minimum atomic E-state index is -1.37. The highest BCUT2D eigenvalue weighted by atomic mass is 16.5. The number of carbonyl (C=O) groups excluding carboxylic acids is 2. The van der Waals surface area contributed by atoms with E-state index in [0.29, 0.717) is 12.6 Å². The van der Waals surface area contributed by atoms with Gasteiger partial charge in [-0.3, -0.25) is 9.59 Å². The van der Waals surface area contributed by atoms with Crippen molar-refractivity contribution >= 4 is 18.5 Å². The highest BCUT2D eigenvalue weighted by Crippen LogP contribution is 2.34. The fourth-order valence-electron chi connectivity index (χ4n) is 1.47. The summed E-state index contributed by atoms with van der Waals surface area (Å²) < 4.78 is 9.80. The second-order valence-corrected chi connectivity index (χ2v) is 3.03. The van der Waals surface area contributed by atoms with Crippen molar-refractivity contribution in [3.63, 3.8) is 0 Å². The molecule has 0 bridgehead atoms. The Morgan fingerprint density at radius 1 is 1.24 bits per heavy atom. The maximum Gasteiger partial charge on any atom is 0.340 e. The average molecular weight is 238 g/mol. The lowest BCUT2D eigenvalue weighted by atomic mass is 10.0. The SMILES string of the molecule is COc1cc(C=O)c(C=O)c(C(=O)O)c1OC. The van der Waals surface area contributed by atoms with E-state index in [1.165, 1.54) is 20.3 Å². The number of methoxy groups -OCH3 is 2. The van der Waals surface area contributed by atoms with Crippen LogP contribution in [-0.4, -0.2) is 37.9 Å². The van der Waals surface area contributed by atoms with Crippen molar-refractivity contribution in [2.24, 2.45) is 0 Å². The normalized spacial score (nSPS) is 9.53. The predicted molar refractivity (Wildman–Crippen MR) is 57.3 cm³/mol. The molecule has 0 saturated heterocycles. The summed E-state index contributed by atoms with van der Waals surface area (Å²) >= 11 is 0. The summed E-state index contributed by atoms with van der Waals surface area (Å²) in [6.07, 6.45) is 0.688. The van der Waals surface area contributed by atoms with Crippen molar-refractivity contribution in [2.75, 3.05) is 14.2 Å². The Kier molecular flexibility index (Phi) is 3.82. The fraction of sp³-hybridized carbons (Fsp3) is 0.182. The zero-order valence-corrected chi connectivity index (χ0v) is 9.22. The van der Waals surface area contributed by atoms with Crippen LogP contribution in [0.2, 0.25) is 0 Å². The van der Waals surface area contributed by atoms with Crippen molar-refractivity contribution in [1.29, 1.82) is 0 Å². The van der Waals surface area contributed by atoms with Gasteiger partial charge in [-0.1, -0.05) is 0 Å². The smallest absolute Gasteiger partial charge is 0.340 e. The second-order valence-electron chi connectivity index (χ2n) is 3.03. The summed E-state index contributed by atoms with van der Waals surface area (Å²) in [4.78, 5) is 32.7. The molecule has 1 aromatic carbocycles. The van der Waals surface area contributed by atoms with Gasteiger partial charge in [0, 0.05) is 11.1 Å². The van der Waals surface area contributed by atoms with Gasteiger partial charge in [0.05, 0.1) is 14.2 Å². The molecule has 0 radical (unpaired) electrons. The number of benzene rings is 1. The maximum absolute atomic E-state index is 11.1. The number of hydrogen-bond acceptors (Lipinski definition) is 5. The third kappa shape index (κ3) is 2.10. The van der Waals surface area contributed by atoms with Gasteiger partial charge >= 0.3 is 5.97 Å². The Labute approximate surface area is 96.8 Å². The van der Waals surface area contributed by atoms with Crippen LogP contribution in [0.1, 0.15) is 31.1 Å². The Morgan fingerprint density at radius 3 is 2.24 bits per heavy atom. The molecule has 0 saturated carbocycles. The van der Waals surface area contributed by atoms with E-state index in [0.717, 1.165) is 0 Å². The molecular weight excluding hydrogens is 228 g/mol. The van der Waals surface area contributed by atoms with Gasteiger partial charge < -0.3 is 14.6 Å². The van der Waals surface area contributed by atoms with E-state index in [2.05, 4.69) is 0 Å². The number of aldehydes is 2. The Hall–Kier alpha value is -2.37. The Bertz CT molecular complexity index is 477. The summed E-state index contributed by atoms with van der Waals surface area (Å²) in [6, 6.07) is 1.25. The van der Waals surface area contributed by atoms with E-state index in [-0.39, 0.29) is 28.2 Å². The van der Waals surface area contributed by atoms with E-state index in [4.69, 9.17) is 14.6 Å². The first-order valence-corrected chi connectivity index (χ1v) is 4.53. The van der Waals surface area contributed by atoms with Crippen molar-refractivity contribution < 1.29 is 29.0 Å². The van der Waals surface area contributed by atoms with Crippen molar-refractivity contribution in [1.82, 2.24) is 0 Å². The van der Waals surface area contributed by atoms with E-state index < -0.39 is 5.97 Å². The minimum absolute atomic E-state index is 0.0601. The van der Waals surface area contributed by atoms with Gasteiger partial charge in [-0.2, -0.15) is 0 Å². The molecule has 0 aliphatic rings. The molecule has 0 atom stereocenters. The number of carbonyl (C=O) groups is 3. The zero-order valence-electron chi connectivity index (χ0n) is 9.22. The van der Waals surface area contributed by atoms with Gasteiger partial charge in [-0.25, -0.2) is 4.79 Å². The topological polar surface area (TPSA) is 89.9 Å². The van der Waals surface area contributed by atoms with Crippen LogP contribution in [0.25, 0.3) is 0 Å². The standard InChI is InChI=1S/C11H10O6/c1-16-8-3-6(4-12)7(5-13)9(11(14)15)10(8)17-2/h3-5H,1-2H3,(H,14,15). The van der Waals surface area contributed by atoms with E-state index >= 15 is 0 Å². The molecule has 0 unspecified atom stereocenters. The summed E-state index contributed by atoms with van der Waals surface area (Å²) in [5.41, 5.74) is -0.677. The molecular formula is C11H10O6. The number of carboxylic acids is 1. The van der Waals surface area contributed by atoms with Gasteiger partial charge in [-0.05, 0) is 6.07 Å². The highest BCUT2D eigenvalue weighted by molar-refractivity contribution is 6.05. The molecule has 0 aliphatic carbocycles. The van der Waals surface area contributed by atoms with Crippen LogP contribution in [0.5, 0.6) is 11.5 Å². The summed E-state index contributed by atoms with van der Waals surface area (Å²) in [6.45, 7) is 0. The maximum atomic E-state index is 11.1. The first-order valence-electron chi connectivity index (χ1n) is 4.53. The van der Waals surface area contributed by atoms with Crippen LogP contribution in [0.3, 0.4) is 0 Å². The van der Waals surface area contributed by atoms with Crippen molar-refractivity contribution in [2.45, 2.75) is 0 Å². The zero-order chi connectivity index (χ0) is 13.0. The molecule has 0 amide bonds. The van der Waals surface area contributed by atoms with E-state index in [9.17, 15) is 14.4 Å². The largest absolute Gasteiger partial charge is 0.493 e. The third-order valence-electron chi connectivity index (χ3n) is 2.20. The molecule has 17 heavy (non-hydrogen) atoms. The predicted octanol–water partition coefficient (Wildman–Crippen LogP) is 1.03. The summed E-state index contributed by atoms with van der Waals surface area (Å²) in [7, 11) is 2.55. The summed E-state index contributed by atoms with van der Waals surface area (Å²) in [5.74, 6) is -1.38. The number of hydrogen-bond donors (Lipinski definition) is 1. The second kappa shape index (κ2) is 5.11. The van der Waals surface area contributed by atoms with Crippen LogP contribution < -0.4 is 9.47 Å². The van der Waals surface area contributed by atoms with Crippen LogP contribution in [0.15, 0.2) is 6.07 Å². The lowest BCUT2D eigenvalue weighted by Crippen LogP contribution is -2.09. The molecule has 0 fully saturated rings. The lowest BCUT2D eigenvalue weighted by molar-refractivity contribution is 0.0689. The molecule has 1 rings (SSSR count). The van der Waals surface area contributed by atoms with Crippen LogP contribution in [-0.2, 0) is 0 Å². The van der Waals surface area contributed by atoms with Gasteiger partial charge in [0.2, 0.25) is 0 Å². The highest BCUT2D eigenvalue weighted by Gasteiger charge is 2.23. The number of aromatic carboxylic acids is 1. The molecule has 0 aromatic heterocycles. The van der Waals surface area contributed by atoms with E-state index in [1.54, 1.807) is 0 Å². The summed E-state index contributed by atoms with van der Waals surface area (Å²) in [5, 5.41) is 9.04. The van der Waals surface area contributed by atoms with Crippen molar-refractivity contribution in [3.05, 3.63) is 22.8 Å². The number of rotatable bonds is 5. The first kappa shape index (κ1) is 12.7. The third-order valence-corrected chi connectivity index (χ3v) is 2.20. The van der Waals surface area contributed by atoms with Crippen LogP contribution >= 0.6 is 0 Å². The minimum Gasteiger partial charge on any atom is -0.493 e. The first-order chi connectivity index (χ1) is 8.10. The van der Waals surface area contributed by atoms with Gasteiger partial charge in [0.15, 0.2) is 24.1 Å². The Balaban J connectivity index is 3.75. The molecule has 0 heterocycles. The monoisotopic (exact) mass is 238 g/mol. The number of ether oxygens (including phenoxy) is 2. The van der Waals surface area contributed by atoms with Crippen LogP contribution in [0, 0.1) is 0 Å². The average Bonchev–Trinajstić information content (AvgIpc) is 2.35. The number of carboxylic acid groups (broad SMARTS) is 1. The molecule has 90 valence electrons. The molecule has 0 spiro atoms. The fourth-order valence-corrected chi connectivity index (χ4v) is 1.47. The molecule has 1 N–H and O–H groups in total. The van der Waals surface area contributed by atoms with Gasteiger partial charge in [-0.15, -0.1) is 0 Å².